The van der Waals surface area contributed by atoms with Gasteiger partial charge in [0.25, 0.3) is 5.91 Å². The number of benzene rings is 3. The molecule has 2 aliphatic heterocycles. The first-order chi connectivity index (χ1) is 21.6. The van der Waals surface area contributed by atoms with Crippen molar-refractivity contribution < 1.29 is 33.0 Å². The van der Waals surface area contributed by atoms with E-state index in [1.807, 2.05) is 0 Å². The lowest BCUT2D eigenvalue weighted by Gasteiger charge is -2.31. The molecule has 0 aliphatic carbocycles. The second kappa shape index (κ2) is 12.6. The summed E-state index contributed by atoms with van der Waals surface area (Å²) in [7, 11) is 0. The molecule has 0 bridgehead atoms. The van der Waals surface area contributed by atoms with Crippen LogP contribution >= 0.6 is 39.0 Å². The van der Waals surface area contributed by atoms with Crippen molar-refractivity contribution >= 4 is 74.1 Å². The van der Waals surface area contributed by atoms with Crippen molar-refractivity contribution in [2.24, 2.45) is 5.92 Å². The average Bonchev–Trinajstić information content (AvgIpc) is 3.51. The Bertz CT molecular complexity index is 1880. The van der Waals surface area contributed by atoms with Crippen LogP contribution < -0.4 is 19.8 Å². The van der Waals surface area contributed by atoms with Gasteiger partial charge < -0.3 is 19.8 Å². The number of rotatable bonds is 8. The van der Waals surface area contributed by atoms with Gasteiger partial charge >= 0.3 is 10.8 Å². The third-order valence-corrected chi connectivity index (χ3v) is 10.1. The van der Waals surface area contributed by atoms with E-state index in [0.29, 0.717) is 31.3 Å². The van der Waals surface area contributed by atoms with Gasteiger partial charge in [-0.25, -0.2) is 14.1 Å². The number of nitrogens with one attached hydrogen (secondary N) is 2. The van der Waals surface area contributed by atoms with Crippen LogP contribution in [-0.4, -0.2) is 47.1 Å². The third-order valence-electron chi connectivity index (χ3n) is 7.25. The zero-order valence-electron chi connectivity index (χ0n) is 23.4. The molecule has 6 rings (SSSR count). The van der Waals surface area contributed by atoms with Crippen LogP contribution in [0.1, 0.15) is 33.6 Å². The van der Waals surface area contributed by atoms with Crippen LogP contribution in [0.25, 0.3) is 0 Å². The monoisotopic (exact) mass is 711 g/mol. The van der Waals surface area contributed by atoms with Crippen LogP contribution in [-0.2, 0) is 19.1 Å². The molecule has 10 nitrogen and oxygen atoms in total. The van der Waals surface area contributed by atoms with Gasteiger partial charge in [0.2, 0.25) is 11.8 Å². The normalized spacial score (nSPS) is 18.7. The van der Waals surface area contributed by atoms with Crippen molar-refractivity contribution in [2.45, 2.75) is 23.1 Å². The number of thioether (sulfide) groups is 1. The summed E-state index contributed by atoms with van der Waals surface area (Å²) in [5.41, 5.74) is 1.47. The number of aromatic nitrogens is 1. The number of nitrogens with zero attached hydrogens (tertiary/aromatic N) is 1. The number of anilines is 2. The third kappa shape index (κ3) is 6.04. The SMILES string of the molecule is CCOC(=O)c1ccc(N2C(=O)C3Sc4[nH]c(=O)sc4C(c4cc(Br)ccc4OCC(=O)Nc4ccc(F)cc4)C3C2=O)cc1. The molecule has 2 N–H and O–H groups in total. The van der Waals surface area contributed by atoms with Gasteiger partial charge in [-0.05, 0) is 73.7 Å². The minimum atomic E-state index is -0.907. The van der Waals surface area contributed by atoms with E-state index in [1.165, 1.54) is 48.5 Å². The van der Waals surface area contributed by atoms with Crippen molar-refractivity contribution in [1.82, 2.24) is 4.98 Å². The Hall–Kier alpha value is -4.27. The number of hydrogen-bond acceptors (Lipinski definition) is 9. The molecule has 14 heteroatoms. The molecule has 1 aromatic heterocycles. The number of aromatic amines is 1. The molecule has 3 unspecified atom stereocenters. The number of imide groups is 1. The summed E-state index contributed by atoms with van der Waals surface area (Å²) < 4.78 is 24.9. The number of thiazole rings is 1. The maximum atomic E-state index is 14.1. The average molecular weight is 713 g/mol. The molecule has 3 aromatic carbocycles. The Kier molecular flexibility index (Phi) is 8.62. The Labute approximate surface area is 272 Å². The molecule has 4 aromatic rings. The molecule has 3 atom stereocenters. The van der Waals surface area contributed by atoms with Crippen molar-refractivity contribution in [2.75, 3.05) is 23.4 Å². The van der Waals surface area contributed by atoms with Gasteiger partial charge in [-0.2, -0.15) is 0 Å². The number of H-pyrrole nitrogens is 1. The summed E-state index contributed by atoms with van der Waals surface area (Å²) in [5.74, 6) is -3.77. The van der Waals surface area contributed by atoms with Crippen molar-refractivity contribution in [3.05, 3.63) is 103 Å². The van der Waals surface area contributed by atoms with E-state index in [1.54, 1.807) is 25.1 Å². The van der Waals surface area contributed by atoms with Crippen molar-refractivity contribution in [3.63, 3.8) is 0 Å². The number of halogens is 2. The number of carbonyl (C=O) groups is 4. The van der Waals surface area contributed by atoms with Crippen LogP contribution in [0.5, 0.6) is 5.75 Å². The van der Waals surface area contributed by atoms with Crippen LogP contribution in [0, 0.1) is 11.7 Å². The standard InChI is InChI=1S/C31H23BrFN3O7S2/c1-2-42-30(40)15-3-10-19(11-4-15)36-28(38)24-23(25-27(35-31(41)45-25)44-26(24)29(36)39)20-13-16(32)5-12-21(20)43-14-22(37)34-18-8-6-17(33)7-9-18/h3-13,23-24,26H,2,14H2,1H3,(H,34,37)(H,35,41). The number of ether oxygens (including phenoxy) is 2. The lowest BCUT2D eigenvalue weighted by molar-refractivity contribution is -0.122. The molecular formula is C31H23BrFN3O7S2. The Morgan fingerprint density at radius 3 is 2.47 bits per heavy atom. The highest BCUT2D eigenvalue weighted by Gasteiger charge is 2.56. The van der Waals surface area contributed by atoms with E-state index in [4.69, 9.17) is 9.47 Å². The van der Waals surface area contributed by atoms with Crippen LogP contribution in [0.15, 0.2) is 81.0 Å². The Morgan fingerprint density at radius 1 is 1.02 bits per heavy atom. The molecule has 230 valence electrons. The fourth-order valence-electron chi connectivity index (χ4n) is 5.34. The fraction of sp³-hybridized carbons (Fsp3) is 0.194. The highest BCUT2D eigenvalue weighted by molar-refractivity contribution is 9.10. The van der Waals surface area contributed by atoms with Crippen molar-refractivity contribution in [3.8, 4) is 5.75 Å². The number of carbonyl (C=O) groups excluding carboxylic acids is 4. The van der Waals surface area contributed by atoms with E-state index in [0.717, 1.165) is 28.0 Å². The lowest BCUT2D eigenvalue weighted by atomic mass is 9.82. The quantitative estimate of drug-likeness (QED) is 0.185. The minimum absolute atomic E-state index is 0.206. The molecule has 3 amide bonds. The first-order valence-corrected chi connectivity index (χ1v) is 16.2. The molecule has 1 saturated heterocycles. The second-order valence-corrected chi connectivity index (χ2v) is 13.1. The van der Waals surface area contributed by atoms with Gasteiger partial charge in [0, 0.05) is 26.5 Å². The molecule has 1 fully saturated rings. The number of esters is 1. The largest absolute Gasteiger partial charge is 0.483 e. The summed E-state index contributed by atoms with van der Waals surface area (Å²) in [6, 6.07) is 16.4. The second-order valence-electron chi connectivity index (χ2n) is 10.1. The summed E-state index contributed by atoms with van der Waals surface area (Å²) in [6.45, 7) is 1.50. The van der Waals surface area contributed by atoms with Crippen LogP contribution in [0.4, 0.5) is 15.8 Å². The van der Waals surface area contributed by atoms with Crippen LogP contribution in [0.2, 0.25) is 0 Å². The summed E-state index contributed by atoms with van der Waals surface area (Å²) in [4.78, 5) is 69.4. The lowest BCUT2D eigenvalue weighted by Crippen LogP contribution is -2.32. The van der Waals surface area contributed by atoms with Crippen molar-refractivity contribution in [1.29, 1.82) is 0 Å². The fourth-order valence-corrected chi connectivity index (χ4v) is 8.22. The number of amides is 3. The maximum Gasteiger partial charge on any atom is 0.338 e. The van der Waals surface area contributed by atoms with E-state index < -0.39 is 53.2 Å². The molecule has 0 radical (unpaired) electrons. The maximum absolute atomic E-state index is 14.1. The Balaban J connectivity index is 1.33. The molecule has 45 heavy (non-hydrogen) atoms. The number of fused-ring (bicyclic) bond motifs is 2. The molecule has 3 heterocycles. The van der Waals surface area contributed by atoms with Gasteiger partial charge in [-0.3, -0.25) is 19.2 Å². The molecule has 0 spiro atoms. The van der Waals surface area contributed by atoms with E-state index >= 15 is 0 Å². The predicted octanol–water partition coefficient (Wildman–Crippen LogP) is 5.33. The predicted molar refractivity (Wildman–Crippen MR) is 169 cm³/mol. The van der Waals surface area contributed by atoms with E-state index in [9.17, 15) is 28.4 Å². The molecular weight excluding hydrogens is 689 g/mol. The molecule has 0 saturated carbocycles. The summed E-state index contributed by atoms with van der Waals surface area (Å²) >= 11 is 5.55. The molecule has 2 aliphatic rings. The van der Waals surface area contributed by atoms with Gasteiger partial charge in [0.15, 0.2) is 6.61 Å². The van der Waals surface area contributed by atoms with Gasteiger partial charge in [-0.15, -0.1) is 0 Å². The van der Waals surface area contributed by atoms with E-state index in [2.05, 4.69) is 26.2 Å². The van der Waals surface area contributed by atoms with Gasteiger partial charge in [0.05, 0.1) is 28.8 Å². The highest BCUT2D eigenvalue weighted by atomic mass is 79.9. The topological polar surface area (TPSA) is 135 Å². The highest BCUT2D eigenvalue weighted by Crippen LogP contribution is 2.54. The zero-order chi connectivity index (χ0) is 31.8. The summed E-state index contributed by atoms with van der Waals surface area (Å²) in [5, 5.41) is 2.26. The smallest absolute Gasteiger partial charge is 0.338 e. The van der Waals surface area contributed by atoms with Gasteiger partial charge in [0.1, 0.15) is 16.8 Å². The number of hydrogen-bond donors (Lipinski definition) is 2. The van der Waals surface area contributed by atoms with E-state index in [-0.39, 0.29) is 22.8 Å². The minimum Gasteiger partial charge on any atom is -0.483 e. The van der Waals surface area contributed by atoms with Crippen LogP contribution in [0.3, 0.4) is 0 Å². The Morgan fingerprint density at radius 2 is 1.76 bits per heavy atom. The van der Waals surface area contributed by atoms with Gasteiger partial charge in [-0.1, -0.05) is 39.0 Å². The summed E-state index contributed by atoms with van der Waals surface area (Å²) in [6.07, 6.45) is 0. The first kappa shape index (κ1) is 30.7. The first-order valence-electron chi connectivity index (χ1n) is 13.7. The zero-order valence-corrected chi connectivity index (χ0v) is 26.6.